The summed E-state index contributed by atoms with van der Waals surface area (Å²) >= 11 is 0. The van der Waals surface area contributed by atoms with Crippen LogP contribution in [0, 0.1) is 6.92 Å². The van der Waals surface area contributed by atoms with Gasteiger partial charge in [-0.1, -0.05) is 48.5 Å². The molecular formula is C26H20F3N2O+. The zero-order valence-electron chi connectivity index (χ0n) is 17.5. The maximum Gasteiger partial charge on any atom is 0.421 e. The average molecular weight is 433 g/mol. The summed E-state index contributed by atoms with van der Waals surface area (Å²) in [5.74, 6) is 0. The lowest BCUT2D eigenvalue weighted by molar-refractivity contribution is -0.662. The molecule has 160 valence electrons. The lowest BCUT2D eigenvalue weighted by Gasteiger charge is -2.16. The van der Waals surface area contributed by atoms with Crippen molar-refractivity contribution in [1.82, 2.24) is 4.98 Å². The first-order chi connectivity index (χ1) is 15.3. The van der Waals surface area contributed by atoms with Crippen LogP contribution >= 0.6 is 0 Å². The van der Waals surface area contributed by atoms with Crippen molar-refractivity contribution >= 4 is 32.4 Å². The molecule has 6 heteroatoms. The van der Waals surface area contributed by atoms with Gasteiger partial charge in [-0.2, -0.15) is 13.2 Å². The van der Waals surface area contributed by atoms with Gasteiger partial charge in [0.25, 0.3) is 6.33 Å². The predicted molar refractivity (Wildman–Crippen MR) is 119 cm³/mol. The number of hydrogen-bond donors (Lipinski definition) is 1. The summed E-state index contributed by atoms with van der Waals surface area (Å²) in [5, 5.41) is 12.9. The summed E-state index contributed by atoms with van der Waals surface area (Å²) in [5.41, 5.74) is 2.25. The van der Waals surface area contributed by atoms with E-state index in [1.54, 1.807) is 35.9 Å². The Morgan fingerprint density at radius 2 is 1.56 bits per heavy atom. The van der Waals surface area contributed by atoms with E-state index in [2.05, 4.69) is 4.98 Å². The molecule has 1 aromatic heterocycles. The number of benzene rings is 4. The lowest BCUT2D eigenvalue weighted by Crippen LogP contribution is -2.32. The number of hydrogen-bond acceptors (Lipinski definition) is 2. The van der Waals surface area contributed by atoms with E-state index in [1.165, 1.54) is 12.4 Å². The fraction of sp³-hybridized carbons (Fsp3) is 0.154. The van der Waals surface area contributed by atoms with Gasteiger partial charge in [-0.25, -0.2) is 4.57 Å². The van der Waals surface area contributed by atoms with E-state index in [0.717, 1.165) is 27.5 Å². The van der Waals surface area contributed by atoms with E-state index < -0.39 is 11.7 Å². The first-order valence-corrected chi connectivity index (χ1v) is 10.2. The van der Waals surface area contributed by atoms with Crippen LogP contribution in [0.5, 0.6) is 0 Å². The van der Waals surface area contributed by atoms with Crippen LogP contribution < -0.4 is 4.57 Å². The molecule has 0 radical (unpaired) electrons. The van der Waals surface area contributed by atoms with E-state index in [9.17, 15) is 18.3 Å². The monoisotopic (exact) mass is 433 g/mol. The first-order valence-electron chi connectivity index (χ1n) is 10.2. The zero-order chi connectivity index (χ0) is 22.6. The molecule has 0 atom stereocenters. The summed E-state index contributed by atoms with van der Waals surface area (Å²) in [6.45, 7) is 1.79. The highest BCUT2D eigenvalue weighted by molar-refractivity contribution is 6.06. The van der Waals surface area contributed by atoms with Crippen molar-refractivity contribution in [2.75, 3.05) is 0 Å². The van der Waals surface area contributed by atoms with Gasteiger partial charge in [0.1, 0.15) is 11.3 Å². The number of fused-ring (bicyclic) bond motifs is 3. The van der Waals surface area contributed by atoms with Gasteiger partial charge in [-0.15, -0.1) is 0 Å². The van der Waals surface area contributed by atoms with Gasteiger partial charge in [0.2, 0.25) is 0 Å². The topological polar surface area (TPSA) is 37.0 Å². The van der Waals surface area contributed by atoms with Gasteiger partial charge in [0.05, 0.1) is 19.0 Å². The molecular weight excluding hydrogens is 413 g/mol. The molecule has 0 aliphatic carbocycles. The molecule has 0 unspecified atom stereocenters. The summed E-state index contributed by atoms with van der Waals surface area (Å²) in [6, 6.07) is 17.9. The normalized spacial score (nSPS) is 12.2. The van der Waals surface area contributed by atoms with E-state index in [4.69, 9.17) is 0 Å². The van der Waals surface area contributed by atoms with Crippen molar-refractivity contribution in [2.45, 2.75) is 19.7 Å². The maximum absolute atomic E-state index is 14.2. The van der Waals surface area contributed by atoms with Crippen molar-refractivity contribution in [3.05, 3.63) is 83.7 Å². The van der Waals surface area contributed by atoms with Crippen LogP contribution in [0.1, 0.15) is 16.7 Å². The number of aliphatic hydroxyl groups is 1. The van der Waals surface area contributed by atoms with Crippen molar-refractivity contribution in [2.24, 2.45) is 7.05 Å². The van der Waals surface area contributed by atoms with Crippen LogP contribution in [0.25, 0.3) is 43.7 Å². The van der Waals surface area contributed by atoms with Gasteiger partial charge >= 0.3 is 6.18 Å². The highest BCUT2D eigenvalue weighted by atomic mass is 19.4. The lowest BCUT2D eigenvalue weighted by atomic mass is 9.91. The first kappa shape index (κ1) is 20.4. The smallest absolute Gasteiger partial charge is 0.392 e. The number of aryl methyl sites for hydroxylation is 2. The molecule has 32 heavy (non-hydrogen) atoms. The number of alkyl halides is 3. The third-order valence-corrected chi connectivity index (χ3v) is 6.10. The van der Waals surface area contributed by atoms with E-state index in [-0.39, 0.29) is 17.5 Å². The Labute approximate surface area is 182 Å². The Morgan fingerprint density at radius 3 is 2.25 bits per heavy atom. The molecule has 0 bridgehead atoms. The van der Waals surface area contributed by atoms with Crippen LogP contribution in [0.4, 0.5) is 13.2 Å². The minimum atomic E-state index is -4.56. The van der Waals surface area contributed by atoms with Crippen molar-refractivity contribution < 1.29 is 22.8 Å². The van der Waals surface area contributed by atoms with Gasteiger partial charge in [-0.05, 0) is 56.7 Å². The van der Waals surface area contributed by atoms with E-state index in [0.29, 0.717) is 16.5 Å². The predicted octanol–water partition coefficient (Wildman–Crippen LogP) is 5.85. The largest absolute Gasteiger partial charge is 0.421 e. The number of halogens is 3. The Morgan fingerprint density at radius 1 is 0.906 bits per heavy atom. The Hall–Kier alpha value is -3.51. The maximum atomic E-state index is 14.2. The molecule has 0 amide bonds. The number of nitrogens with zero attached hydrogens (tertiary/aromatic N) is 2. The Balaban J connectivity index is 1.98. The highest BCUT2D eigenvalue weighted by Gasteiger charge is 2.38. The summed E-state index contributed by atoms with van der Waals surface area (Å²) < 4.78 is 44.4. The fourth-order valence-corrected chi connectivity index (χ4v) is 4.64. The summed E-state index contributed by atoms with van der Waals surface area (Å²) in [7, 11) is 1.78. The number of aromatic nitrogens is 2. The minimum Gasteiger partial charge on any atom is -0.392 e. The molecule has 1 heterocycles. The molecule has 0 aliphatic rings. The van der Waals surface area contributed by atoms with Crippen LogP contribution in [-0.2, 0) is 19.8 Å². The summed E-state index contributed by atoms with van der Waals surface area (Å²) in [4.78, 5) is 4.21. The van der Waals surface area contributed by atoms with Crippen LogP contribution in [0.15, 0.2) is 67.0 Å². The highest BCUT2D eigenvalue weighted by Crippen LogP contribution is 2.42. The molecule has 0 saturated carbocycles. The molecule has 1 N–H and O–H groups in total. The fourth-order valence-electron chi connectivity index (χ4n) is 4.64. The average Bonchev–Trinajstić information content (AvgIpc) is 2.78. The summed E-state index contributed by atoms with van der Waals surface area (Å²) in [6.07, 6.45) is -3.13. The molecule has 0 saturated heterocycles. The number of aliphatic hydroxyl groups excluding tert-OH is 1. The van der Waals surface area contributed by atoms with Crippen LogP contribution in [0.3, 0.4) is 0 Å². The second-order valence-corrected chi connectivity index (χ2v) is 7.98. The van der Waals surface area contributed by atoms with Crippen LogP contribution in [0.2, 0.25) is 0 Å². The molecule has 0 aliphatic heterocycles. The third kappa shape index (κ3) is 3.02. The van der Waals surface area contributed by atoms with Crippen molar-refractivity contribution in [3.8, 4) is 11.3 Å². The standard InChI is InChI=1S/C26H20F3N2O/c1-15-18-8-5-6-9-19(18)17(13-32)12-21(15)25-22-11-16-7-3-4-10-20(16)23(26(27,28)29)24(22)30-14-31(25)2/h3-12,14,32H,13H2,1-2H3/q+1. The molecule has 3 nitrogen and oxygen atoms in total. The van der Waals surface area contributed by atoms with Crippen LogP contribution in [-0.4, -0.2) is 10.1 Å². The van der Waals surface area contributed by atoms with E-state index in [1.807, 2.05) is 37.3 Å². The molecule has 5 aromatic rings. The zero-order valence-corrected chi connectivity index (χ0v) is 17.5. The third-order valence-electron chi connectivity index (χ3n) is 6.10. The number of rotatable bonds is 2. The quantitative estimate of drug-likeness (QED) is 0.280. The molecule has 0 fully saturated rings. The second kappa shape index (κ2) is 7.28. The van der Waals surface area contributed by atoms with Crippen molar-refractivity contribution in [3.63, 3.8) is 0 Å². The van der Waals surface area contributed by atoms with Crippen molar-refractivity contribution in [1.29, 1.82) is 0 Å². The minimum absolute atomic E-state index is 0.0811. The molecule has 4 aromatic carbocycles. The van der Waals surface area contributed by atoms with Gasteiger partial charge in [0.15, 0.2) is 5.52 Å². The molecule has 5 rings (SSSR count). The Kier molecular flexibility index (Phi) is 4.64. The SMILES string of the molecule is Cc1c(-c2c3cc4ccccc4c(C(F)(F)F)c3nc[n+]2C)cc(CO)c2ccccc12. The van der Waals surface area contributed by atoms with Gasteiger partial charge in [0, 0.05) is 5.56 Å². The van der Waals surface area contributed by atoms with E-state index >= 15 is 0 Å². The second-order valence-electron chi connectivity index (χ2n) is 7.98. The Bertz CT molecular complexity index is 1520. The molecule has 0 spiro atoms. The van der Waals surface area contributed by atoms with Gasteiger partial charge in [-0.3, -0.25) is 0 Å². The van der Waals surface area contributed by atoms with Gasteiger partial charge < -0.3 is 5.11 Å².